The molecule has 0 aromatic heterocycles. The number of hydrogen-bond donors (Lipinski definition) is 1. The quantitative estimate of drug-likeness (QED) is 0.802. The molecule has 2 amide bonds. The first kappa shape index (κ1) is 18.3. The Balaban J connectivity index is 1.36. The maximum Gasteiger partial charge on any atom is 0.307 e. The molecule has 1 aromatic carbocycles. The van der Waals surface area contributed by atoms with Gasteiger partial charge in [-0.05, 0) is 55.2 Å². The number of thioether (sulfide) groups is 1. The van der Waals surface area contributed by atoms with Crippen molar-refractivity contribution in [2.24, 2.45) is 17.3 Å². The van der Waals surface area contributed by atoms with Crippen molar-refractivity contribution in [3.8, 4) is 0 Å². The van der Waals surface area contributed by atoms with E-state index >= 15 is 0 Å². The average molecular weight is 388 g/mol. The average Bonchev–Trinajstić information content (AvgIpc) is 3.24. The highest BCUT2D eigenvalue weighted by Crippen LogP contribution is 2.59. The monoisotopic (exact) mass is 388 g/mol. The zero-order chi connectivity index (χ0) is 19.2. The summed E-state index contributed by atoms with van der Waals surface area (Å²) in [5.41, 5.74) is 0.757. The lowest BCUT2D eigenvalue weighted by molar-refractivity contribution is -0.140. The summed E-state index contributed by atoms with van der Waals surface area (Å²) in [7, 11) is 0. The number of amides is 2. The third kappa shape index (κ3) is 3.33. The molecule has 0 bridgehead atoms. The molecule has 2 saturated heterocycles. The van der Waals surface area contributed by atoms with Crippen molar-refractivity contribution in [3.63, 3.8) is 0 Å². The predicted octanol–water partition coefficient (Wildman–Crippen LogP) is 2.47. The number of benzene rings is 1. The first-order valence-corrected chi connectivity index (χ1v) is 10.6. The fourth-order valence-corrected chi connectivity index (χ4v) is 4.97. The first-order chi connectivity index (χ1) is 12.9. The molecular formula is C20H24N2O4S. The number of hydrogen-bond acceptors (Lipinski definition) is 4. The van der Waals surface area contributed by atoms with Crippen LogP contribution in [0.2, 0.25) is 0 Å². The summed E-state index contributed by atoms with van der Waals surface area (Å²) in [4.78, 5) is 41.2. The molecule has 0 radical (unpaired) electrons. The van der Waals surface area contributed by atoms with E-state index in [1.54, 1.807) is 16.7 Å². The van der Waals surface area contributed by atoms with Crippen LogP contribution in [0, 0.1) is 17.3 Å². The number of likely N-dealkylation sites (tertiary alicyclic amines) is 1. The first-order valence-electron chi connectivity index (χ1n) is 9.39. The number of nitrogens with zero attached hydrogens (tertiary/aromatic N) is 2. The molecule has 2 atom stereocenters. The van der Waals surface area contributed by atoms with Gasteiger partial charge in [-0.15, -0.1) is 11.8 Å². The van der Waals surface area contributed by atoms with Gasteiger partial charge in [0.25, 0.3) is 0 Å². The molecular weight excluding hydrogens is 364 g/mol. The molecule has 6 nitrogen and oxygen atoms in total. The molecule has 3 aliphatic rings. The molecule has 2 aliphatic heterocycles. The second kappa shape index (κ2) is 6.86. The van der Waals surface area contributed by atoms with Crippen LogP contribution in [0.1, 0.15) is 25.7 Å². The Kier molecular flexibility index (Phi) is 4.66. The Morgan fingerprint density at radius 3 is 2.41 bits per heavy atom. The van der Waals surface area contributed by atoms with Crippen molar-refractivity contribution in [3.05, 3.63) is 24.3 Å². The van der Waals surface area contributed by atoms with Crippen molar-refractivity contribution in [2.75, 3.05) is 30.8 Å². The zero-order valence-electron chi connectivity index (χ0n) is 15.4. The van der Waals surface area contributed by atoms with E-state index in [-0.39, 0.29) is 35.5 Å². The minimum atomic E-state index is -0.709. The topological polar surface area (TPSA) is 77.9 Å². The van der Waals surface area contributed by atoms with Gasteiger partial charge in [0, 0.05) is 36.6 Å². The highest BCUT2D eigenvalue weighted by Gasteiger charge is 2.59. The van der Waals surface area contributed by atoms with Gasteiger partial charge in [-0.1, -0.05) is 0 Å². The lowest BCUT2D eigenvalue weighted by Crippen LogP contribution is -2.43. The number of carboxylic acids is 1. The SMILES string of the molecule is CSc1ccc(N2CC(C(=O)N3CCC4(CC3)CC4C(=O)O)CC2=O)cc1. The third-order valence-electron chi connectivity index (χ3n) is 6.42. The number of carbonyl (C=O) groups is 3. The second-order valence-corrected chi connectivity index (χ2v) is 8.77. The molecule has 1 N–H and O–H groups in total. The number of anilines is 1. The van der Waals surface area contributed by atoms with Crippen LogP contribution in [0.4, 0.5) is 5.69 Å². The fraction of sp³-hybridized carbons (Fsp3) is 0.550. The van der Waals surface area contributed by atoms with Crippen molar-refractivity contribution in [1.29, 1.82) is 0 Å². The third-order valence-corrected chi connectivity index (χ3v) is 7.16. The summed E-state index contributed by atoms with van der Waals surface area (Å²) >= 11 is 1.65. The number of carboxylic acid groups (broad SMARTS) is 1. The van der Waals surface area contributed by atoms with Crippen LogP contribution >= 0.6 is 11.8 Å². The predicted molar refractivity (Wildman–Crippen MR) is 103 cm³/mol. The number of rotatable bonds is 4. The van der Waals surface area contributed by atoms with Gasteiger partial charge in [0.1, 0.15) is 0 Å². The lowest BCUT2D eigenvalue weighted by atomic mass is 9.90. The molecule has 144 valence electrons. The molecule has 7 heteroatoms. The molecule has 1 spiro atoms. The van der Waals surface area contributed by atoms with Gasteiger partial charge >= 0.3 is 5.97 Å². The molecule has 27 heavy (non-hydrogen) atoms. The van der Waals surface area contributed by atoms with E-state index in [1.165, 1.54) is 0 Å². The molecule has 1 aromatic rings. The number of carbonyl (C=O) groups excluding carboxylic acids is 2. The normalized spacial score (nSPS) is 26.5. The van der Waals surface area contributed by atoms with E-state index in [4.69, 9.17) is 0 Å². The standard InChI is InChI=1S/C20H24N2O4S/c1-27-15-4-2-14(3-5-15)22-12-13(10-17(22)23)18(24)21-8-6-20(7-9-21)11-16(20)19(25)26/h2-5,13,16H,6-12H2,1H3,(H,25,26). The van der Waals surface area contributed by atoms with Crippen molar-refractivity contribution < 1.29 is 19.5 Å². The van der Waals surface area contributed by atoms with Crippen LogP contribution in [0.5, 0.6) is 0 Å². The van der Waals surface area contributed by atoms with E-state index in [9.17, 15) is 19.5 Å². The maximum atomic E-state index is 12.9. The van der Waals surface area contributed by atoms with Crippen LogP contribution in [-0.4, -0.2) is 53.7 Å². The van der Waals surface area contributed by atoms with Gasteiger partial charge in [0.15, 0.2) is 0 Å². The van der Waals surface area contributed by atoms with E-state index < -0.39 is 5.97 Å². The van der Waals surface area contributed by atoms with Gasteiger partial charge in [-0.25, -0.2) is 0 Å². The van der Waals surface area contributed by atoms with E-state index in [0.717, 1.165) is 29.8 Å². The zero-order valence-corrected chi connectivity index (χ0v) is 16.2. The maximum absolute atomic E-state index is 12.9. The molecule has 1 aliphatic carbocycles. The summed E-state index contributed by atoms with van der Waals surface area (Å²) in [6, 6.07) is 7.84. The second-order valence-electron chi connectivity index (χ2n) is 7.89. The van der Waals surface area contributed by atoms with Crippen LogP contribution in [0.3, 0.4) is 0 Å². The smallest absolute Gasteiger partial charge is 0.307 e. The Morgan fingerprint density at radius 1 is 1.19 bits per heavy atom. The minimum Gasteiger partial charge on any atom is -0.481 e. The van der Waals surface area contributed by atoms with Gasteiger partial charge < -0.3 is 14.9 Å². The Bertz CT molecular complexity index is 771. The van der Waals surface area contributed by atoms with E-state index in [1.807, 2.05) is 35.4 Å². The highest BCUT2D eigenvalue weighted by atomic mass is 32.2. The lowest BCUT2D eigenvalue weighted by Gasteiger charge is -2.34. The van der Waals surface area contributed by atoms with E-state index in [0.29, 0.717) is 19.6 Å². The largest absolute Gasteiger partial charge is 0.481 e. The van der Waals surface area contributed by atoms with Crippen molar-refractivity contribution in [2.45, 2.75) is 30.6 Å². The summed E-state index contributed by atoms with van der Waals surface area (Å²) in [5, 5.41) is 9.19. The van der Waals surface area contributed by atoms with Gasteiger partial charge in [-0.3, -0.25) is 14.4 Å². The van der Waals surface area contributed by atoms with Gasteiger partial charge in [0.2, 0.25) is 11.8 Å². The van der Waals surface area contributed by atoms with Crippen LogP contribution in [-0.2, 0) is 14.4 Å². The highest BCUT2D eigenvalue weighted by molar-refractivity contribution is 7.98. The molecule has 2 heterocycles. The van der Waals surface area contributed by atoms with Crippen LogP contribution < -0.4 is 4.90 Å². The molecule has 4 rings (SSSR count). The van der Waals surface area contributed by atoms with Gasteiger partial charge in [-0.2, -0.15) is 0 Å². The minimum absolute atomic E-state index is 0.00753. The van der Waals surface area contributed by atoms with Crippen molar-refractivity contribution in [1.82, 2.24) is 4.90 Å². The Hall–Kier alpha value is -2.02. The van der Waals surface area contributed by atoms with Crippen LogP contribution in [0.15, 0.2) is 29.2 Å². The summed E-state index contributed by atoms with van der Waals surface area (Å²) in [6.45, 7) is 1.64. The van der Waals surface area contributed by atoms with Crippen molar-refractivity contribution >= 4 is 35.2 Å². The molecule has 2 unspecified atom stereocenters. The Labute approximate surface area is 162 Å². The fourth-order valence-electron chi connectivity index (χ4n) is 4.56. The van der Waals surface area contributed by atoms with Crippen LogP contribution in [0.25, 0.3) is 0 Å². The Morgan fingerprint density at radius 2 is 1.85 bits per heavy atom. The molecule has 1 saturated carbocycles. The van der Waals surface area contributed by atoms with E-state index in [2.05, 4.69) is 0 Å². The number of aliphatic carboxylic acids is 1. The number of piperidine rings is 1. The van der Waals surface area contributed by atoms with Gasteiger partial charge in [0.05, 0.1) is 11.8 Å². The molecule has 3 fully saturated rings. The summed E-state index contributed by atoms with van der Waals surface area (Å²) in [6.07, 6.45) is 4.52. The summed E-state index contributed by atoms with van der Waals surface area (Å²) < 4.78 is 0. The summed E-state index contributed by atoms with van der Waals surface area (Å²) in [5.74, 6) is -1.22.